The Morgan fingerprint density at radius 2 is 1.89 bits per heavy atom. The predicted molar refractivity (Wildman–Crippen MR) is 74.9 cm³/mol. The first-order valence-electron chi connectivity index (χ1n) is 6.77. The van der Waals surface area contributed by atoms with E-state index in [0.717, 1.165) is 24.3 Å². The summed E-state index contributed by atoms with van der Waals surface area (Å²) in [6.45, 7) is 8.82. The van der Waals surface area contributed by atoms with Gasteiger partial charge in [0.05, 0.1) is 6.10 Å². The van der Waals surface area contributed by atoms with Crippen molar-refractivity contribution < 1.29 is 9.84 Å². The summed E-state index contributed by atoms with van der Waals surface area (Å²) in [6, 6.07) is 8.34. The first-order valence-corrected chi connectivity index (χ1v) is 6.77. The predicted octanol–water partition coefficient (Wildman–Crippen LogP) is 2.90. The van der Waals surface area contributed by atoms with Crippen molar-refractivity contribution in [2.75, 3.05) is 6.54 Å². The average molecular weight is 251 g/mol. The molecule has 3 unspecified atom stereocenters. The summed E-state index contributed by atoms with van der Waals surface area (Å²) in [4.78, 5) is 0. The zero-order chi connectivity index (χ0) is 13.5. The van der Waals surface area contributed by atoms with Crippen molar-refractivity contribution in [3.8, 4) is 5.75 Å². The van der Waals surface area contributed by atoms with Gasteiger partial charge in [-0.25, -0.2) is 0 Å². The van der Waals surface area contributed by atoms with Gasteiger partial charge in [-0.05, 0) is 32.9 Å². The third-order valence-corrected chi connectivity index (χ3v) is 3.15. The Labute approximate surface area is 110 Å². The molecule has 0 radical (unpaired) electrons. The van der Waals surface area contributed by atoms with E-state index in [2.05, 4.69) is 25.2 Å². The minimum atomic E-state index is -0.475. The van der Waals surface area contributed by atoms with Gasteiger partial charge in [0.1, 0.15) is 11.9 Å². The molecule has 0 aliphatic heterocycles. The van der Waals surface area contributed by atoms with E-state index in [1.54, 1.807) is 6.92 Å². The monoisotopic (exact) mass is 251 g/mol. The second-order valence-electron chi connectivity index (χ2n) is 4.62. The molecule has 0 heterocycles. The smallest absolute Gasteiger partial charge is 0.124 e. The van der Waals surface area contributed by atoms with Gasteiger partial charge in [0, 0.05) is 11.6 Å². The average Bonchev–Trinajstić information content (AvgIpc) is 2.36. The van der Waals surface area contributed by atoms with Crippen molar-refractivity contribution in [1.29, 1.82) is 0 Å². The summed E-state index contributed by atoms with van der Waals surface area (Å²) in [5, 5.41) is 13.0. The molecule has 0 fully saturated rings. The van der Waals surface area contributed by atoms with Crippen LogP contribution in [0.4, 0.5) is 0 Å². The Kier molecular flexibility index (Phi) is 6.16. The molecule has 3 nitrogen and oxygen atoms in total. The molecule has 0 saturated carbocycles. The lowest BCUT2D eigenvalue weighted by atomic mass is 10.0. The van der Waals surface area contributed by atoms with Gasteiger partial charge < -0.3 is 15.2 Å². The number of hydrogen-bond donors (Lipinski definition) is 2. The number of ether oxygens (including phenoxy) is 1. The van der Waals surface area contributed by atoms with E-state index >= 15 is 0 Å². The molecule has 1 aromatic rings. The van der Waals surface area contributed by atoms with Crippen LogP contribution < -0.4 is 10.1 Å². The molecule has 0 amide bonds. The zero-order valence-electron chi connectivity index (χ0n) is 11.8. The third kappa shape index (κ3) is 4.00. The number of benzene rings is 1. The van der Waals surface area contributed by atoms with E-state index in [4.69, 9.17) is 4.74 Å². The summed E-state index contributed by atoms with van der Waals surface area (Å²) >= 11 is 0. The quantitative estimate of drug-likeness (QED) is 0.783. The second kappa shape index (κ2) is 7.39. The van der Waals surface area contributed by atoms with Gasteiger partial charge >= 0.3 is 0 Å². The van der Waals surface area contributed by atoms with Crippen LogP contribution in [0.25, 0.3) is 0 Å². The standard InChI is InChI=1S/C15H25NO2/c1-5-14(16-6-2)13-9-7-8-10-15(13)18-12(4)11(3)17/h7-12,14,16-17H,5-6H2,1-4H3. The SMILES string of the molecule is CCNC(CC)c1ccccc1OC(C)C(C)O. The number of aliphatic hydroxyl groups is 1. The molecule has 2 N–H and O–H groups in total. The molecule has 1 rings (SSSR count). The highest BCUT2D eigenvalue weighted by atomic mass is 16.5. The van der Waals surface area contributed by atoms with Crippen LogP contribution in [0.5, 0.6) is 5.75 Å². The fraction of sp³-hybridized carbons (Fsp3) is 0.600. The van der Waals surface area contributed by atoms with Crippen LogP contribution in [0.1, 0.15) is 45.7 Å². The molecular formula is C15H25NO2. The topological polar surface area (TPSA) is 41.5 Å². The van der Waals surface area contributed by atoms with Gasteiger partial charge in [-0.1, -0.05) is 32.0 Å². The van der Waals surface area contributed by atoms with Gasteiger partial charge in [0.2, 0.25) is 0 Å². The van der Waals surface area contributed by atoms with Crippen molar-refractivity contribution in [2.45, 2.75) is 52.4 Å². The Morgan fingerprint density at radius 1 is 1.22 bits per heavy atom. The Bertz CT molecular complexity index is 352. The number of nitrogens with one attached hydrogen (secondary N) is 1. The molecule has 3 heteroatoms. The van der Waals surface area contributed by atoms with Gasteiger partial charge in [0.15, 0.2) is 0 Å². The van der Waals surface area contributed by atoms with Crippen molar-refractivity contribution >= 4 is 0 Å². The van der Waals surface area contributed by atoms with Crippen LogP contribution in [0, 0.1) is 0 Å². The van der Waals surface area contributed by atoms with E-state index in [1.807, 2.05) is 25.1 Å². The second-order valence-corrected chi connectivity index (χ2v) is 4.62. The zero-order valence-corrected chi connectivity index (χ0v) is 11.8. The normalized spacial score (nSPS) is 16.1. The molecule has 0 bridgehead atoms. The first kappa shape index (κ1) is 15.0. The summed E-state index contributed by atoms with van der Waals surface area (Å²) in [7, 11) is 0. The first-order chi connectivity index (χ1) is 8.60. The lowest BCUT2D eigenvalue weighted by Crippen LogP contribution is -2.27. The minimum absolute atomic E-state index is 0.203. The fourth-order valence-electron chi connectivity index (χ4n) is 1.90. The molecule has 102 valence electrons. The molecule has 0 aliphatic carbocycles. The summed E-state index contributed by atoms with van der Waals surface area (Å²) in [6.07, 6.45) is 0.333. The van der Waals surface area contributed by atoms with Crippen molar-refractivity contribution in [1.82, 2.24) is 5.32 Å². The van der Waals surface area contributed by atoms with Crippen LogP contribution >= 0.6 is 0 Å². The van der Waals surface area contributed by atoms with Gasteiger partial charge in [-0.3, -0.25) is 0 Å². The lowest BCUT2D eigenvalue weighted by Gasteiger charge is -2.23. The van der Waals surface area contributed by atoms with Crippen LogP contribution in [0.15, 0.2) is 24.3 Å². The van der Waals surface area contributed by atoms with Crippen LogP contribution in [-0.4, -0.2) is 23.9 Å². The Balaban J connectivity index is 2.90. The van der Waals surface area contributed by atoms with Gasteiger partial charge in [-0.15, -0.1) is 0 Å². The number of hydrogen-bond acceptors (Lipinski definition) is 3. The maximum atomic E-state index is 9.53. The lowest BCUT2D eigenvalue weighted by molar-refractivity contribution is 0.0594. The maximum Gasteiger partial charge on any atom is 0.124 e. The van der Waals surface area contributed by atoms with Gasteiger partial charge in [0.25, 0.3) is 0 Å². The largest absolute Gasteiger partial charge is 0.488 e. The molecule has 1 aromatic carbocycles. The van der Waals surface area contributed by atoms with E-state index in [1.165, 1.54) is 0 Å². The van der Waals surface area contributed by atoms with E-state index < -0.39 is 6.10 Å². The third-order valence-electron chi connectivity index (χ3n) is 3.15. The van der Waals surface area contributed by atoms with Crippen molar-refractivity contribution in [3.63, 3.8) is 0 Å². The molecule has 18 heavy (non-hydrogen) atoms. The van der Waals surface area contributed by atoms with E-state index in [0.29, 0.717) is 6.04 Å². The highest BCUT2D eigenvalue weighted by Gasteiger charge is 2.16. The highest BCUT2D eigenvalue weighted by Crippen LogP contribution is 2.28. The van der Waals surface area contributed by atoms with Crippen LogP contribution in [0.2, 0.25) is 0 Å². The number of aliphatic hydroxyl groups excluding tert-OH is 1. The van der Waals surface area contributed by atoms with Crippen molar-refractivity contribution in [2.24, 2.45) is 0 Å². The fourth-order valence-corrected chi connectivity index (χ4v) is 1.90. The van der Waals surface area contributed by atoms with Crippen molar-refractivity contribution in [3.05, 3.63) is 29.8 Å². The highest BCUT2D eigenvalue weighted by molar-refractivity contribution is 5.36. The molecule has 0 spiro atoms. The number of para-hydroxylation sites is 1. The molecule has 0 aromatic heterocycles. The van der Waals surface area contributed by atoms with E-state index in [-0.39, 0.29) is 6.10 Å². The summed E-state index contributed by atoms with van der Waals surface area (Å²) in [5.74, 6) is 0.860. The summed E-state index contributed by atoms with van der Waals surface area (Å²) in [5.41, 5.74) is 1.16. The molecule has 0 saturated heterocycles. The van der Waals surface area contributed by atoms with Crippen LogP contribution in [0.3, 0.4) is 0 Å². The Morgan fingerprint density at radius 3 is 2.44 bits per heavy atom. The minimum Gasteiger partial charge on any atom is -0.488 e. The van der Waals surface area contributed by atoms with Gasteiger partial charge in [-0.2, -0.15) is 0 Å². The summed E-state index contributed by atoms with van der Waals surface area (Å²) < 4.78 is 5.85. The molecule has 3 atom stereocenters. The molecule has 0 aliphatic rings. The van der Waals surface area contributed by atoms with Crippen LogP contribution in [-0.2, 0) is 0 Å². The number of rotatable bonds is 7. The molecular weight excluding hydrogens is 226 g/mol. The Hall–Kier alpha value is -1.06. The van der Waals surface area contributed by atoms with E-state index in [9.17, 15) is 5.11 Å². The maximum absolute atomic E-state index is 9.53.